The molecule has 0 aliphatic rings. The molecular weight excluding hydrogens is 441 g/mol. The van der Waals surface area contributed by atoms with Gasteiger partial charge < -0.3 is 14.8 Å². The molecule has 0 radical (unpaired) electrons. The first-order valence-corrected chi connectivity index (χ1v) is 10.3. The van der Waals surface area contributed by atoms with Crippen LogP contribution < -0.4 is 5.32 Å². The first-order chi connectivity index (χ1) is 16.4. The second-order valence-electron chi connectivity index (χ2n) is 7.52. The first kappa shape index (κ1) is 21.3. The summed E-state index contributed by atoms with van der Waals surface area (Å²) >= 11 is 0. The van der Waals surface area contributed by atoms with Crippen molar-refractivity contribution in [3.63, 3.8) is 0 Å². The number of hydrogen-bond acceptors (Lipinski definition) is 8. The molecule has 5 rings (SSSR count). The van der Waals surface area contributed by atoms with E-state index < -0.39 is 18.3 Å². The molecular formula is C23H18FN7O3. The zero-order valence-corrected chi connectivity index (χ0v) is 18.2. The van der Waals surface area contributed by atoms with Crippen LogP contribution >= 0.6 is 0 Å². The normalized spacial score (nSPS) is 11.2. The molecule has 34 heavy (non-hydrogen) atoms. The zero-order valence-electron chi connectivity index (χ0n) is 18.2. The number of rotatable bonds is 5. The molecule has 0 fully saturated rings. The van der Waals surface area contributed by atoms with Crippen LogP contribution in [0.25, 0.3) is 28.4 Å². The lowest BCUT2D eigenvalue weighted by Gasteiger charge is -2.06. The zero-order chi connectivity index (χ0) is 23.8. The minimum atomic E-state index is -0.581. The average Bonchev–Trinajstić information content (AvgIpc) is 3.43. The van der Waals surface area contributed by atoms with Crippen LogP contribution in [0.15, 0.2) is 53.3 Å². The number of oxazole rings is 1. The van der Waals surface area contributed by atoms with E-state index in [0.717, 1.165) is 16.8 Å². The van der Waals surface area contributed by atoms with E-state index in [1.807, 2.05) is 19.1 Å². The van der Waals surface area contributed by atoms with E-state index >= 15 is 0 Å². The SMILES string of the molecule is Cc1cccnc1-c1cnc2nc(-c3cc(NC(=O)c4oc(CO)nc4C)ccc3F)nn2c1. The predicted octanol–water partition coefficient (Wildman–Crippen LogP) is 3.34. The van der Waals surface area contributed by atoms with E-state index in [4.69, 9.17) is 9.52 Å². The van der Waals surface area contributed by atoms with Crippen LogP contribution in [-0.4, -0.2) is 40.6 Å². The number of aliphatic hydroxyl groups excluding tert-OH is 1. The molecule has 11 heteroatoms. The van der Waals surface area contributed by atoms with E-state index in [0.29, 0.717) is 11.4 Å². The molecule has 4 aromatic heterocycles. The van der Waals surface area contributed by atoms with Crippen LogP contribution in [0.2, 0.25) is 0 Å². The average molecular weight is 459 g/mol. The number of carbonyl (C=O) groups excluding carboxylic acids is 1. The number of nitrogens with zero attached hydrogens (tertiary/aromatic N) is 6. The van der Waals surface area contributed by atoms with Gasteiger partial charge in [-0.15, -0.1) is 5.10 Å². The minimum absolute atomic E-state index is 0.0316. The fraction of sp³-hybridized carbons (Fsp3) is 0.130. The van der Waals surface area contributed by atoms with Gasteiger partial charge >= 0.3 is 0 Å². The van der Waals surface area contributed by atoms with Crippen molar-refractivity contribution in [2.45, 2.75) is 20.5 Å². The largest absolute Gasteiger partial charge is 0.433 e. The van der Waals surface area contributed by atoms with E-state index in [9.17, 15) is 9.18 Å². The maximum atomic E-state index is 14.7. The number of pyridine rings is 1. The molecule has 0 saturated heterocycles. The third kappa shape index (κ3) is 3.88. The fourth-order valence-corrected chi connectivity index (χ4v) is 3.50. The number of aromatic nitrogens is 6. The molecule has 2 N–H and O–H groups in total. The highest BCUT2D eigenvalue weighted by molar-refractivity contribution is 6.03. The molecule has 170 valence electrons. The lowest BCUT2D eigenvalue weighted by molar-refractivity contribution is 0.0991. The van der Waals surface area contributed by atoms with Gasteiger partial charge in [0.2, 0.25) is 11.7 Å². The Balaban J connectivity index is 1.47. The van der Waals surface area contributed by atoms with Crippen LogP contribution in [0, 0.1) is 19.7 Å². The Hall–Kier alpha value is -4.51. The molecule has 0 saturated carbocycles. The lowest BCUT2D eigenvalue weighted by atomic mass is 10.1. The Morgan fingerprint density at radius 1 is 1.21 bits per heavy atom. The summed E-state index contributed by atoms with van der Waals surface area (Å²) in [4.78, 5) is 29.5. The number of aryl methyl sites for hydroxylation is 2. The summed E-state index contributed by atoms with van der Waals surface area (Å²) < 4.78 is 21.4. The van der Waals surface area contributed by atoms with Gasteiger partial charge in [-0.2, -0.15) is 4.98 Å². The fourth-order valence-electron chi connectivity index (χ4n) is 3.50. The smallest absolute Gasteiger partial charge is 0.293 e. The molecule has 1 aromatic carbocycles. The van der Waals surface area contributed by atoms with Crippen molar-refractivity contribution in [1.82, 2.24) is 29.5 Å². The minimum Gasteiger partial charge on any atom is -0.433 e. The van der Waals surface area contributed by atoms with Crippen molar-refractivity contribution in [2.75, 3.05) is 5.32 Å². The number of anilines is 1. The second kappa shape index (κ2) is 8.45. The van der Waals surface area contributed by atoms with Gasteiger partial charge in [0.15, 0.2) is 5.82 Å². The molecule has 0 bridgehead atoms. The number of halogens is 1. The van der Waals surface area contributed by atoms with Gasteiger partial charge in [-0.3, -0.25) is 9.78 Å². The number of carbonyl (C=O) groups is 1. The third-order valence-electron chi connectivity index (χ3n) is 5.12. The Labute approximate surface area is 192 Å². The van der Waals surface area contributed by atoms with Gasteiger partial charge in [0, 0.05) is 29.8 Å². The van der Waals surface area contributed by atoms with Crippen LogP contribution in [0.4, 0.5) is 10.1 Å². The summed E-state index contributed by atoms with van der Waals surface area (Å²) in [5.74, 6) is -0.758. The van der Waals surface area contributed by atoms with Crippen molar-refractivity contribution in [3.8, 4) is 22.6 Å². The number of amides is 1. The van der Waals surface area contributed by atoms with Gasteiger partial charge in [0.05, 0.1) is 17.0 Å². The number of hydrogen-bond donors (Lipinski definition) is 2. The maximum Gasteiger partial charge on any atom is 0.293 e. The first-order valence-electron chi connectivity index (χ1n) is 10.3. The second-order valence-corrected chi connectivity index (χ2v) is 7.52. The molecule has 0 aliphatic heterocycles. The topological polar surface area (TPSA) is 131 Å². The van der Waals surface area contributed by atoms with E-state index in [1.165, 1.54) is 22.7 Å². The molecule has 1 amide bonds. The predicted molar refractivity (Wildman–Crippen MR) is 119 cm³/mol. The Bertz CT molecular complexity index is 1540. The van der Waals surface area contributed by atoms with Crippen LogP contribution in [0.5, 0.6) is 0 Å². The molecule has 10 nitrogen and oxygen atoms in total. The maximum absolute atomic E-state index is 14.7. The Morgan fingerprint density at radius 2 is 2.06 bits per heavy atom. The van der Waals surface area contributed by atoms with Gasteiger partial charge in [0.25, 0.3) is 11.7 Å². The number of nitrogens with one attached hydrogen (secondary N) is 1. The molecule has 0 spiro atoms. The van der Waals surface area contributed by atoms with E-state index in [-0.39, 0.29) is 28.8 Å². The monoisotopic (exact) mass is 459 g/mol. The van der Waals surface area contributed by atoms with Crippen LogP contribution in [-0.2, 0) is 6.61 Å². The summed E-state index contributed by atoms with van der Waals surface area (Å²) in [6.07, 6.45) is 5.05. The Kier molecular flexibility index (Phi) is 5.30. The van der Waals surface area contributed by atoms with E-state index in [1.54, 1.807) is 25.5 Å². The highest BCUT2D eigenvalue weighted by Gasteiger charge is 2.19. The van der Waals surface area contributed by atoms with Crippen LogP contribution in [0.1, 0.15) is 27.7 Å². The van der Waals surface area contributed by atoms with Crippen molar-refractivity contribution >= 4 is 17.4 Å². The highest BCUT2D eigenvalue weighted by atomic mass is 19.1. The van der Waals surface area contributed by atoms with Gasteiger partial charge in [-0.05, 0) is 43.7 Å². The van der Waals surface area contributed by atoms with E-state index in [2.05, 4.69) is 30.4 Å². The van der Waals surface area contributed by atoms with Gasteiger partial charge in [-0.1, -0.05) is 6.07 Å². The standard InChI is InChI=1S/C23H18FN7O3/c1-12-4-3-7-25-19(12)14-9-26-23-29-21(30-31(23)10-14)16-8-15(5-6-17(16)24)28-22(33)20-13(2)27-18(11-32)34-20/h3-10,32H,11H2,1-2H3,(H,28,33). The van der Waals surface area contributed by atoms with Gasteiger partial charge in [0.1, 0.15) is 12.4 Å². The number of aliphatic hydroxyl groups is 1. The van der Waals surface area contributed by atoms with Crippen molar-refractivity contribution < 1.29 is 18.7 Å². The quantitative estimate of drug-likeness (QED) is 0.409. The molecule has 0 aliphatic carbocycles. The Morgan fingerprint density at radius 3 is 2.82 bits per heavy atom. The molecule has 0 atom stereocenters. The van der Waals surface area contributed by atoms with Crippen molar-refractivity contribution in [2.24, 2.45) is 0 Å². The summed E-state index contributed by atoms with van der Waals surface area (Å²) in [5, 5.41) is 16.2. The molecule has 0 unspecified atom stereocenters. The van der Waals surface area contributed by atoms with Crippen molar-refractivity contribution in [3.05, 3.63) is 77.6 Å². The number of benzene rings is 1. The summed E-state index contributed by atoms with van der Waals surface area (Å²) in [7, 11) is 0. The lowest BCUT2D eigenvalue weighted by Crippen LogP contribution is -2.12. The number of fused-ring (bicyclic) bond motifs is 1. The van der Waals surface area contributed by atoms with Crippen molar-refractivity contribution in [1.29, 1.82) is 0 Å². The molecule has 4 heterocycles. The highest BCUT2D eigenvalue weighted by Crippen LogP contribution is 2.26. The summed E-state index contributed by atoms with van der Waals surface area (Å²) in [6, 6.07) is 7.83. The third-order valence-corrected chi connectivity index (χ3v) is 5.12. The summed E-state index contributed by atoms with van der Waals surface area (Å²) in [6.45, 7) is 3.10. The van der Waals surface area contributed by atoms with Gasteiger partial charge in [-0.25, -0.2) is 18.9 Å². The van der Waals surface area contributed by atoms with Crippen LogP contribution in [0.3, 0.4) is 0 Å². The summed E-state index contributed by atoms with van der Waals surface area (Å²) in [5.41, 5.74) is 3.20. The molecule has 5 aromatic rings.